The van der Waals surface area contributed by atoms with Crippen LogP contribution in [0.2, 0.25) is 0 Å². The molecule has 1 fully saturated rings. The van der Waals surface area contributed by atoms with Crippen LogP contribution in [-0.4, -0.2) is 30.0 Å². The zero-order chi connectivity index (χ0) is 14.5. The van der Waals surface area contributed by atoms with Gasteiger partial charge in [0.25, 0.3) is 5.91 Å². The smallest absolute Gasteiger partial charge is 0.263 e. The van der Waals surface area contributed by atoms with Crippen LogP contribution in [0, 0.1) is 6.92 Å². The molecule has 112 valence electrons. The Morgan fingerprint density at radius 1 is 1.45 bits per heavy atom. The third-order valence-electron chi connectivity index (χ3n) is 3.85. The Morgan fingerprint density at radius 3 is 2.80 bits per heavy atom. The fourth-order valence-corrected chi connectivity index (χ4v) is 3.87. The minimum Gasteiger partial charge on any atom is -0.350 e. The van der Waals surface area contributed by atoms with Gasteiger partial charge in [0.05, 0.1) is 10.7 Å². The summed E-state index contributed by atoms with van der Waals surface area (Å²) in [6.45, 7) is 7.66. The number of hydrogen-bond acceptors (Lipinski definition) is 4. The Kier molecular flexibility index (Phi) is 5.54. The van der Waals surface area contributed by atoms with Crippen molar-refractivity contribution >= 4 is 17.2 Å². The molecule has 1 aliphatic rings. The van der Waals surface area contributed by atoms with E-state index in [0.29, 0.717) is 18.5 Å². The molecule has 0 aromatic carbocycles. The molecule has 0 unspecified atom stereocenters. The predicted octanol–water partition coefficient (Wildman–Crippen LogP) is 2.84. The van der Waals surface area contributed by atoms with Gasteiger partial charge in [0.1, 0.15) is 4.88 Å². The fraction of sp³-hybridized carbons (Fsp3) is 0.733. The van der Waals surface area contributed by atoms with Crippen molar-refractivity contribution in [2.45, 2.75) is 58.4 Å². The molecule has 0 aliphatic heterocycles. The number of nitrogens with one attached hydrogen (secondary N) is 2. The highest BCUT2D eigenvalue weighted by molar-refractivity contribution is 7.13. The predicted molar refractivity (Wildman–Crippen MR) is 83.5 cm³/mol. The van der Waals surface area contributed by atoms with Gasteiger partial charge in [-0.1, -0.05) is 19.8 Å². The molecule has 1 aromatic rings. The van der Waals surface area contributed by atoms with Crippen molar-refractivity contribution in [1.82, 2.24) is 15.6 Å². The van der Waals surface area contributed by atoms with Crippen LogP contribution in [0.3, 0.4) is 0 Å². The quantitative estimate of drug-likeness (QED) is 0.848. The lowest BCUT2D eigenvalue weighted by atomic mass is 10.1. The highest BCUT2D eigenvalue weighted by Gasteiger charge is 2.23. The van der Waals surface area contributed by atoms with Crippen LogP contribution in [0.25, 0.3) is 0 Å². The fourth-order valence-electron chi connectivity index (χ4n) is 2.72. The monoisotopic (exact) mass is 295 g/mol. The van der Waals surface area contributed by atoms with E-state index >= 15 is 0 Å². The molecular weight excluding hydrogens is 270 g/mol. The molecule has 1 atom stereocenters. The summed E-state index contributed by atoms with van der Waals surface area (Å²) in [5.74, 6) is 0.606. The lowest BCUT2D eigenvalue weighted by molar-refractivity contribution is 0.0953. The van der Waals surface area contributed by atoms with E-state index in [2.05, 4.69) is 29.5 Å². The van der Waals surface area contributed by atoms with Crippen LogP contribution >= 0.6 is 11.3 Å². The van der Waals surface area contributed by atoms with E-state index in [9.17, 15) is 4.79 Å². The highest BCUT2D eigenvalue weighted by Crippen LogP contribution is 2.37. The van der Waals surface area contributed by atoms with Crippen molar-refractivity contribution in [1.29, 1.82) is 0 Å². The minimum atomic E-state index is 0.0222. The summed E-state index contributed by atoms with van der Waals surface area (Å²) in [4.78, 5) is 17.6. The molecule has 0 bridgehead atoms. The number of likely N-dealkylation sites (N-methyl/N-ethyl adjacent to an activating group) is 1. The van der Waals surface area contributed by atoms with E-state index < -0.39 is 0 Å². The van der Waals surface area contributed by atoms with E-state index in [4.69, 9.17) is 0 Å². The summed E-state index contributed by atoms with van der Waals surface area (Å²) in [6.07, 6.45) is 5.05. The molecule has 1 saturated carbocycles. The van der Waals surface area contributed by atoms with E-state index in [-0.39, 0.29) is 5.91 Å². The number of thiazole rings is 1. The van der Waals surface area contributed by atoms with Gasteiger partial charge in [0, 0.05) is 18.5 Å². The summed E-state index contributed by atoms with van der Waals surface area (Å²) in [5.41, 5.74) is 0.880. The maximum atomic E-state index is 12.2. The molecule has 0 saturated heterocycles. The van der Waals surface area contributed by atoms with Gasteiger partial charge < -0.3 is 10.6 Å². The molecule has 0 spiro atoms. The zero-order valence-corrected chi connectivity index (χ0v) is 13.5. The number of aryl methyl sites for hydroxylation is 1. The normalized spacial score (nSPS) is 17.4. The summed E-state index contributed by atoms with van der Waals surface area (Å²) in [6, 6.07) is 0.298. The Morgan fingerprint density at radius 2 is 2.15 bits per heavy atom. The first-order valence-electron chi connectivity index (χ1n) is 7.60. The van der Waals surface area contributed by atoms with Gasteiger partial charge in [0.2, 0.25) is 0 Å². The number of hydrogen-bond donors (Lipinski definition) is 2. The molecule has 20 heavy (non-hydrogen) atoms. The maximum absolute atomic E-state index is 12.2. The van der Waals surface area contributed by atoms with Crippen LogP contribution in [0.1, 0.15) is 65.8 Å². The lowest BCUT2D eigenvalue weighted by Gasteiger charge is -2.12. The number of rotatable bonds is 6. The first-order valence-corrected chi connectivity index (χ1v) is 8.42. The molecule has 2 rings (SSSR count). The Labute approximate surface area is 125 Å². The van der Waals surface area contributed by atoms with E-state index in [1.54, 1.807) is 11.3 Å². The van der Waals surface area contributed by atoms with Crippen LogP contribution < -0.4 is 10.6 Å². The van der Waals surface area contributed by atoms with Gasteiger partial charge in [0.15, 0.2) is 0 Å². The summed E-state index contributed by atoms with van der Waals surface area (Å²) < 4.78 is 0. The molecule has 1 amide bonds. The largest absolute Gasteiger partial charge is 0.350 e. The molecule has 1 aliphatic carbocycles. The van der Waals surface area contributed by atoms with Crippen molar-refractivity contribution in [3.63, 3.8) is 0 Å². The van der Waals surface area contributed by atoms with Gasteiger partial charge >= 0.3 is 0 Å². The summed E-state index contributed by atoms with van der Waals surface area (Å²) in [5, 5.41) is 7.44. The first-order chi connectivity index (χ1) is 9.61. The Hall–Kier alpha value is -0.940. The second-order valence-electron chi connectivity index (χ2n) is 5.62. The van der Waals surface area contributed by atoms with Crippen molar-refractivity contribution in [2.24, 2.45) is 0 Å². The molecule has 5 heteroatoms. The van der Waals surface area contributed by atoms with Crippen molar-refractivity contribution in [2.75, 3.05) is 13.1 Å². The maximum Gasteiger partial charge on any atom is 0.263 e. The van der Waals surface area contributed by atoms with E-state index in [1.807, 2.05) is 6.92 Å². The van der Waals surface area contributed by atoms with Gasteiger partial charge in [-0.3, -0.25) is 4.79 Å². The zero-order valence-electron chi connectivity index (χ0n) is 12.7. The second-order valence-corrected chi connectivity index (χ2v) is 6.65. The Bertz CT molecular complexity index is 452. The van der Waals surface area contributed by atoms with Crippen molar-refractivity contribution in [3.8, 4) is 0 Å². The SMILES string of the molecule is CCN[C@H](C)CNC(=O)c1sc(C2CCCC2)nc1C. The van der Waals surface area contributed by atoms with Crippen molar-refractivity contribution < 1.29 is 4.79 Å². The van der Waals surface area contributed by atoms with Gasteiger partial charge in [-0.05, 0) is 33.2 Å². The number of amides is 1. The van der Waals surface area contributed by atoms with E-state index in [0.717, 1.165) is 22.1 Å². The minimum absolute atomic E-state index is 0.0222. The number of nitrogens with zero attached hydrogens (tertiary/aromatic N) is 1. The highest BCUT2D eigenvalue weighted by atomic mass is 32.1. The van der Waals surface area contributed by atoms with Gasteiger partial charge in [-0.15, -0.1) is 11.3 Å². The van der Waals surface area contributed by atoms with Crippen LogP contribution in [-0.2, 0) is 0 Å². The molecule has 4 nitrogen and oxygen atoms in total. The van der Waals surface area contributed by atoms with E-state index in [1.165, 1.54) is 25.7 Å². The number of carbonyl (C=O) groups excluding carboxylic acids is 1. The van der Waals surface area contributed by atoms with Gasteiger partial charge in [-0.25, -0.2) is 4.98 Å². The Balaban J connectivity index is 1.95. The van der Waals surface area contributed by atoms with Crippen molar-refractivity contribution in [3.05, 3.63) is 15.6 Å². The average Bonchev–Trinajstić information content (AvgIpc) is 3.05. The second kappa shape index (κ2) is 7.18. The average molecular weight is 295 g/mol. The molecule has 2 N–H and O–H groups in total. The summed E-state index contributed by atoms with van der Waals surface area (Å²) >= 11 is 1.59. The molecule has 0 radical (unpaired) electrons. The third-order valence-corrected chi connectivity index (χ3v) is 5.16. The van der Waals surface area contributed by atoms with Crippen LogP contribution in [0.15, 0.2) is 0 Å². The third kappa shape index (κ3) is 3.79. The number of aromatic nitrogens is 1. The van der Waals surface area contributed by atoms with Crippen LogP contribution in [0.5, 0.6) is 0 Å². The van der Waals surface area contributed by atoms with Crippen LogP contribution in [0.4, 0.5) is 0 Å². The number of carbonyl (C=O) groups is 1. The summed E-state index contributed by atoms with van der Waals surface area (Å²) in [7, 11) is 0. The standard InChI is InChI=1S/C15H25N3OS/c1-4-16-10(2)9-17-14(19)13-11(3)18-15(20-13)12-7-5-6-8-12/h10,12,16H,4-9H2,1-3H3,(H,17,19)/t10-/m1/s1. The lowest BCUT2D eigenvalue weighted by Crippen LogP contribution is -2.38. The molecule has 1 aromatic heterocycles. The molecular formula is C15H25N3OS. The first kappa shape index (κ1) is 15.4. The topological polar surface area (TPSA) is 54.0 Å². The molecule has 1 heterocycles. The van der Waals surface area contributed by atoms with Gasteiger partial charge in [-0.2, -0.15) is 0 Å².